The molecule has 1 atom stereocenters. The number of hydrogen-bond donors (Lipinski definition) is 0. The fourth-order valence-electron chi connectivity index (χ4n) is 4.71. The summed E-state index contributed by atoms with van der Waals surface area (Å²) in [7, 11) is -3.06. The molecule has 9 heteroatoms. The lowest BCUT2D eigenvalue weighted by atomic mass is 9.96. The Bertz CT molecular complexity index is 1090. The predicted molar refractivity (Wildman–Crippen MR) is 118 cm³/mol. The van der Waals surface area contributed by atoms with Crippen LogP contribution in [0.2, 0.25) is 0 Å². The van der Waals surface area contributed by atoms with Crippen LogP contribution in [0.3, 0.4) is 0 Å². The average Bonchev–Trinajstić information content (AvgIpc) is 3.64. The largest absolute Gasteiger partial charge is 0.365 e. The van der Waals surface area contributed by atoms with Crippen molar-refractivity contribution in [1.82, 2.24) is 14.9 Å². The van der Waals surface area contributed by atoms with Crippen molar-refractivity contribution in [2.75, 3.05) is 36.0 Å². The Balaban J connectivity index is 1.39. The van der Waals surface area contributed by atoms with Gasteiger partial charge in [-0.15, -0.1) is 0 Å². The molecule has 3 aliphatic rings. The van der Waals surface area contributed by atoms with Crippen molar-refractivity contribution in [3.8, 4) is 0 Å². The molecule has 0 bridgehead atoms. The maximum atomic E-state index is 14.8. The molecule has 32 heavy (non-hydrogen) atoms. The summed E-state index contributed by atoms with van der Waals surface area (Å²) in [6, 6.07) is 6.10. The Morgan fingerprint density at radius 1 is 1.00 bits per heavy atom. The zero-order chi connectivity index (χ0) is 22.3. The molecule has 7 nitrogen and oxygen atoms in total. The van der Waals surface area contributed by atoms with Gasteiger partial charge in [-0.2, -0.15) is 0 Å². The molecule has 5 rings (SSSR count). The first kappa shape index (κ1) is 21.3. The number of amides is 1. The zero-order valence-electron chi connectivity index (χ0n) is 17.9. The number of carbonyl (C=O) groups excluding carboxylic acids is 1. The lowest BCUT2D eigenvalue weighted by Crippen LogP contribution is -2.53. The molecular weight excluding hydrogens is 431 g/mol. The molecule has 2 saturated heterocycles. The Labute approximate surface area is 187 Å². The predicted octanol–water partition coefficient (Wildman–Crippen LogP) is 2.71. The van der Waals surface area contributed by atoms with Gasteiger partial charge in [-0.1, -0.05) is 18.2 Å². The third-order valence-electron chi connectivity index (χ3n) is 6.80. The molecular formula is C23H27FN4O3S. The van der Waals surface area contributed by atoms with Crippen LogP contribution in [0.15, 0.2) is 36.7 Å². The van der Waals surface area contributed by atoms with E-state index >= 15 is 0 Å². The minimum atomic E-state index is -3.06. The third kappa shape index (κ3) is 4.35. The molecule has 1 amide bonds. The Kier molecular flexibility index (Phi) is 5.61. The summed E-state index contributed by atoms with van der Waals surface area (Å²) in [5.41, 5.74) is 1.34. The second-order valence-corrected chi connectivity index (χ2v) is 11.3. The molecule has 0 N–H and O–H groups in total. The van der Waals surface area contributed by atoms with E-state index in [0.717, 1.165) is 24.4 Å². The van der Waals surface area contributed by atoms with Gasteiger partial charge in [0.1, 0.15) is 21.5 Å². The van der Waals surface area contributed by atoms with Gasteiger partial charge >= 0.3 is 0 Å². The molecule has 1 aromatic carbocycles. The number of benzene rings is 1. The second kappa shape index (κ2) is 8.42. The van der Waals surface area contributed by atoms with Crippen molar-refractivity contribution in [3.05, 3.63) is 53.9 Å². The molecule has 1 saturated carbocycles. The summed E-state index contributed by atoms with van der Waals surface area (Å²) in [6.07, 6.45) is 6.59. The minimum absolute atomic E-state index is 0.0401. The van der Waals surface area contributed by atoms with Crippen molar-refractivity contribution < 1.29 is 17.6 Å². The number of rotatable bonds is 4. The first-order chi connectivity index (χ1) is 15.4. The molecule has 3 heterocycles. The van der Waals surface area contributed by atoms with Gasteiger partial charge in [0.05, 0.1) is 35.6 Å². The number of hydrogen-bond acceptors (Lipinski definition) is 6. The number of aromatic nitrogens is 2. The van der Waals surface area contributed by atoms with Gasteiger partial charge in [0, 0.05) is 37.0 Å². The van der Waals surface area contributed by atoms with Crippen LogP contribution < -0.4 is 4.90 Å². The fourth-order valence-corrected chi connectivity index (χ4v) is 6.20. The van der Waals surface area contributed by atoms with Gasteiger partial charge in [-0.05, 0) is 31.7 Å². The van der Waals surface area contributed by atoms with Crippen molar-refractivity contribution in [3.63, 3.8) is 0 Å². The maximum Gasteiger partial charge on any atom is 0.226 e. The van der Waals surface area contributed by atoms with Crippen LogP contribution in [-0.4, -0.2) is 60.3 Å². The number of piperazine rings is 1. The second-order valence-electron chi connectivity index (χ2n) is 9.01. The molecule has 3 fully saturated rings. The standard InChI is InChI=1S/C23H27FN4O3S/c24-20-4-2-1-3-19(20)21-15-27(18-13-25-22(26-14-18)16-5-6-16)9-10-28(21)23(29)17-7-11-32(30,31)12-8-17/h1-4,13-14,16-17,21H,5-12,15H2. The smallest absolute Gasteiger partial charge is 0.226 e. The van der Waals surface area contributed by atoms with Gasteiger partial charge in [-0.25, -0.2) is 22.8 Å². The molecule has 2 aromatic rings. The van der Waals surface area contributed by atoms with Crippen LogP contribution in [0.25, 0.3) is 0 Å². The fraction of sp³-hybridized carbons (Fsp3) is 0.522. The molecule has 1 aromatic heterocycles. The number of sulfone groups is 1. The van der Waals surface area contributed by atoms with E-state index in [-0.39, 0.29) is 29.1 Å². The third-order valence-corrected chi connectivity index (χ3v) is 8.51. The van der Waals surface area contributed by atoms with Gasteiger partial charge in [0.2, 0.25) is 5.91 Å². The number of halogens is 1. The highest BCUT2D eigenvalue weighted by Gasteiger charge is 2.38. The van der Waals surface area contributed by atoms with Crippen LogP contribution in [-0.2, 0) is 14.6 Å². The van der Waals surface area contributed by atoms with Gasteiger partial charge in [0.25, 0.3) is 0 Å². The summed E-state index contributed by atoms with van der Waals surface area (Å²) < 4.78 is 38.4. The van der Waals surface area contributed by atoms with E-state index < -0.39 is 15.9 Å². The molecule has 1 unspecified atom stereocenters. The minimum Gasteiger partial charge on any atom is -0.365 e. The molecule has 1 aliphatic carbocycles. The van der Waals surface area contributed by atoms with Gasteiger partial charge in [0.15, 0.2) is 0 Å². The van der Waals surface area contributed by atoms with Gasteiger partial charge in [-0.3, -0.25) is 4.79 Å². The van der Waals surface area contributed by atoms with Crippen molar-refractivity contribution in [2.45, 2.75) is 37.6 Å². The topological polar surface area (TPSA) is 83.5 Å². The van der Waals surface area contributed by atoms with Crippen LogP contribution >= 0.6 is 0 Å². The van der Waals surface area contributed by atoms with Crippen LogP contribution in [0.1, 0.15) is 49.0 Å². The molecule has 2 aliphatic heterocycles. The SMILES string of the molecule is O=C(C1CCS(=O)(=O)CC1)N1CCN(c2cnc(C3CC3)nc2)CC1c1ccccc1F. The quantitative estimate of drug-likeness (QED) is 0.701. The van der Waals surface area contributed by atoms with Gasteiger partial charge < -0.3 is 9.80 Å². The average molecular weight is 459 g/mol. The monoisotopic (exact) mass is 458 g/mol. The van der Waals surface area contributed by atoms with E-state index in [1.807, 2.05) is 12.4 Å². The van der Waals surface area contributed by atoms with Crippen LogP contribution in [0, 0.1) is 11.7 Å². The number of carbonyl (C=O) groups is 1. The van der Waals surface area contributed by atoms with E-state index in [0.29, 0.717) is 44.0 Å². The summed E-state index contributed by atoms with van der Waals surface area (Å²) in [5, 5.41) is 0. The molecule has 170 valence electrons. The van der Waals surface area contributed by atoms with Crippen LogP contribution in [0.4, 0.5) is 10.1 Å². The van der Waals surface area contributed by atoms with Crippen molar-refractivity contribution >= 4 is 21.4 Å². The van der Waals surface area contributed by atoms with E-state index in [9.17, 15) is 17.6 Å². The summed E-state index contributed by atoms with van der Waals surface area (Å²) in [6.45, 7) is 1.46. The van der Waals surface area contributed by atoms with E-state index in [1.165, 1.54) is 6.07 Å². The Hall–Kier alpha value is -2.55. The Morgan fingerprint density at radius 3 is 2.34 bits per heavy atom. The first-order valence-corrected chi connectivity index (χ1v) is 13.1. The molecule has 0 spiro atoms. The lowest BCUT2D eigenvalue weighted by Gasteiger charge is -2.44. The number of anilines is 1. The van der Waals surface area contributed by atoms with Crippen molar-refractivity contribution in [1.29, 1.82) is 0 Å². The lowest BCUT2D eigenvalue weighted by molar-refractivity contribution is -0.138. The normalized spacial score (nSPS) is 23.8. The summed E-state index contributed by atoms with van der Waals surface area (Å²) in [5.74, 6) is 0.679. The summed E-state index contributed by atoms with van der Waals surface area (Å²) >= 11 is 0. The zero-order valence-corrected chi connectivity index (χ0v) is 18.7. The van der Waals surface area contributed by atoms with E-state index in [4.69, 9.17) is 0 Å². The highest BCUT2D eigenvalue weighted by Crippen LogP contribution is 2.38. The number of nitrogens with zero attached hydrogens (tertiary/aromatic N) is 4. The Morgan fingerprint density at radius 2 is 1.69 bits per heavy atom. The summed E-state index contributed by atoms with van der Waals surface area (Å²) in [4.78, 5) is 26.3. The van der Waals surface area contributed by atoms with Crippen LogP contribution in [0.5, 0.6) is 0 Å². The maximum absolute atomic E-state index is 14.8. The van der Waals surface area contributed by atoms with Crippen molar-refractivity contribution in [2.24, 2.45) is 5.92 Å². The highest BCUT2D eigenvalue weighted by molar-refractivity contribution is 7.91. The van der Waals surface area contributed by atoms with E-state index in [1.54, 1.807) is 23.1 Å². The van der Waals surface area contributed by atoms with E-state index in [2.05, 4.69) is 14.9 Å². The molecule has 0 radical (unpaired) electrons. The first-order valence-electron chi connectivity index (χ1n) is 11.2. The highest BCUT2D eigenvalue weighted by atomic mass is 32.2.